The average molecular weight is 659 g/mol. The van der Waals surface area contributed by atoms with E-state index in [0.29, 0.717) is 40.5 Å². The molecule has 0 atom stereocenters. The highest BCUT2D eigenvalue weighted by molar-refractivity contribution is 5.77. The minimum Gasteiger partial charge on any atom is -0.208 e. The maximum absolute atomic E-state index is 5.11. The zero-order valence-corrected chi connectivity index (χ0v) is 30.4. The SMILES string of the molecule is C=C(c1nc(-c2ccccc2C(C)C)nc(-c2ccccc2C(C)C)n1)c1nc(-c2ccccc2C(C)C)nc(-c2ccccc2C(C)C)n1. The summed E-state index contributed by atoms with van der Waals surface area (Å²) in [6.45, 7) is 22.1. The Morgan fingerprint density at radius 1 is 0.360 bits per heavy atom. The van der Waals surface area contributed by atoms with Crippen LogP contribution in [0, 0.1) is 0 Å². The van der Waals surface area contributed by atoms with Crippen molar-refractivity contribution < 1.29 is 0 Å². The van der Waals surface area contributed by atoms with Crippen LogP contribution in [0.25, 0.3) is 51.1 Å². The van der Waals surface area contributed by atoms with Gasteiger partial charge in [-0.05, 0) is 45.9 Å². The Bertz CT molecular complexity index is 1870. The molecular weight excluding hydrogens is 613 g/mol. The lowest BCUT2D eigenvalue weighted by Crippen LogP contribution is -2.09. The molecule has 0 saturated heterocycles. The van der Waals surface area contributed by atoms with Crippen LogP contribution in [0.1, 0.15) is 113 Å². The van der Waals surface area contributed by atoms with Crippen LogP contribution in [-0.4, -0.2) is 29.9 Å². The number of benzene rings is 4. The number of aromatic nitrogens is 6. The van der Waals surface area contributed by atoms with Crippen LogP contribution in [0.4, 0.5) is 0 Å². The molecule has 6 rings (SSSR count). The lowest BCUT2D eigenvalue weighted by molar-refractivity contribution is 0.859. The molecule has 0 bridgehead atoms. The molecule has 6 heteroatoms. The third-order valence-electron chi connectivity index (χ3n) is 9.11. The van der Waals surface area contributed by atoms with Gasteiger partial charge in [-0.2, -0.15) is 0 Å². The van der Waals surface area contributed by atoms with Gasteiger partial charge in [0.05, 0.1) is 5.57 Å². The zero-order valence-electron chi connectivity index (χ0n) is 30.4. The number of rotatable bonds is 10. The second-order valence-electron chi connectivity index (χ2n) is 14.1. The molecular formula is C44H46N6. The first-order valence-electron chi connectivity index (χ1n) is 17.6. The molecule has 50 heavy (non-hydrogen) atoms. The van der Waals surface area contributed by atoms with E-state index < -0.39 is 0 Å². The Kier molecular flexibility index (Phi) is 10.1. The van der Waals surface area contributed by atoms with E-state index in [2.05, 4.69) is 135 Å². The first-order chi connectivity index (χ1) is 24.0. The summed E-state index contributed by atoms with van der Waals surface area (Å²) in [7, 11) is 0. The quantitative estimate of drug-likeness (QED) is 0.146. The van der Waals surface area contributed by atoms with Crippen molar-refractivity contribution >= 4 is 5.57 Å². The van der Waals surface area contributed by atoms with E-state index in [1.54, 1.807) is 0 Å². The highest BCUT2D eigenvalue weighted by Gasteiger charge is 2.23. The van der Waals surface area contributed by atoms with Crippen molar-refractivity contribution in [3.8, 4) is 45.6 Å². The van der Waals surface area contributed by atoms with Crippen molar-refractivity contribution in [2.24, 2.45) is 0 Å². The van der Waals surface area contributed by atoms with Gasteiger partial charge in [0.15, 0.2) is 34.9 Å². The fourth-order valence-corrected chi connectivity index (χ4v) is 6.42. The molecule has 0 N–H and O–H groups in total. The van der Waals surface area contributed by atoms with Crippen LogP contribution in [0.15, 0.2) is 104 Å². The third kappa shape index (κ3) is 7.02. The second kappa shape index (κ2) is 14.6. The maximum atomic E-state index is 5.11. The number of hydrogen-bond donors (Lipinski definition) is 0. The third-order valence-corrected chi connectivity index (χ3v) is 9.11. The monoisotopic (exact) mass is 658 g/mol. The Hall–Kier alpha value is -5.36. The van der Waals surface area contributed by atoms with E-state index in [0.717, 1.165) is 22.3 Å². The fraction of sp³-hybridized carbons (Fsp3) is 0.273. The normalized spacial score (nSPS) is 11.6. The van der Waals surface area contributed by atoms with Gasteiger partial charge < -0.3 is 0 Å². The van der Waals surface area contributed by atoms with Crippen LogP contribution < -0.4 is 0 Å². The molecule has 0 radical (unpaired) electrons. The first kappa shape index (κ1) is 34.5. The van der Waals surface area contributed by atoms with E-state index in [1.165, 1.54) is 22.3 Å². The molecule has 2 aromatic heterocycles. The zero-order chi connectivity index (χ0) is 35.5. The van der Waals surface area contributed by atoms with E-state index in [9.17, 15) is 0 Å². The number of nitrogens with zero attached hydrogens (tertiary/aromatic N) is 6. The summed E-state index contributed by atoms with van der Waals surface area (Å²) in [5.74, 6) is 4.34. The maximum Gasteiger partial charge on any atom is 0.167 e. The predicted molar refractivity (Wildman–Crippen MR) is 206 cm³/mol. The lowest BCUT2D eigenvalue weighted by Gasteiger charge is -2.17. The summed E-state index contributed by atoms with van der Waals surface area (Å²) in [6.07, 6.45) is 0. The van der Waals surface area contributed by atoms with E-state index in [1.807, 2.05) is 24.3 Å². The summed E-state index contributed by atoms with van der Waals surface area (Å²) in [4.78, 5) is 30.6. The Morgan fingerprint density at radius 3 is 0.800 bits per heavy atom. The minimum atomic E-state index is 0.275. The van der Waals surface area contributed by atoms with Gasteiger partial charge >= 0.3 is 0 Å². The van der Waals surface area contributed by atoms with E-state index in [-0.39, 0.29) is 23.7 Å². The van der Waals surface area contributed by atoms with Crippen molar-refractivity contribution in [1.82, 2.24) is 29.9 Å². The van der Waals surface area contributed by atoms with Crippen molar-refractivity contribution in [3.05, 3.63) is 138 Å². The summed E-state index contributed by atoms with van der Waals surface area (Å²) in [5, 5.41) is 0. The number of hydrogen-bond acceptors (Lipinski definition) is 6. The van der Waals surface area contributed by atoms with Gasteiger partial charge in [0.1, 0.15) is 0 Å². The molecule has 252 valence electrons. The summed E-state index contributed by atoms with van der Waals surface area (Å²) in [5.41, 5.74) is 9.04. The minimum absolute atomic E-state index is 0.275. The van der Waals surface area contributed by atoms with Crippen LogP contribution >= 0.6 is 0 Å². The molecule has 6 aromatic rings. The molecule has 4 aromatic carbocycles. The second-order valence-corrected chi connectivity index (χ2v) is 14.1. The predicted octanol–water partition coefficient (Wildman–Crippen LogP) is 11.3. The molecule has 0 aliphatic rings. The topological polar surface area (TPSA) is 77.3 Å². The molecule has 0 amide bonds. The van der Waals surface area contributed by atoms with Crippen molar-refractivity contribution in [3.63, 3.8) is 0 Å². The Labute approximate surface area is 296 Å². The van der Waals surface area contributed by atoms with Crippen LogP contribution in [0.5, 0.6) is 0 Å². The van der Waals surface area contributed by atoms with E-state index >= 15 is 0 Å². The standard InChI is InChI=1S/C44H46N6/c1-26(2)31-18-10-14-22-35(31)41-45-39(46-42(49-41)36-23-15-11-19-32(36)27(3)4)30(9)40-47-43(37-24-16-12-20-33(37)28(5)6)50-44(48-40)38-25-17-13-21-34(38)29(7)8/h10-29H,9H2,1-8H3. The van der Waals surface area contributed by atoms with Gasteiger partial charge in [-0.25, -0.2) is 29.9 Å². The van der Waals surface area contributed by atoms with Crippen LogP contribution in [0.2, 0.25) is 0 Å². The van der Waals surface area contributed by atoms with E-state index in [4.69, 9.17) is 29.9 Å². The Balaban J connectivity index is 1.61. The van der Waals surface area contributed by atoms with Gasteiger partial charge in [-0.15, -0.1) is 0 Å². The van der Waals surface area contributed by atoms with Gasteiger partial charge in [0, 0.05) is 22.3 Å². The lowest BCUT2D eigenvalue weighted by atomic mass is 9.95. The van der Waals surface area contributed by atoms with Crippen LogP contribution in [-0.2, 0) is 0 Å². The summed E-state index contributed by atoms with van der Waals surface area (Å²) >= 11 is 0. The molecule has 0 aliphatic heterocycles. The van der Waals surface area contributed by atoms with Crippen molar-refractivity contribution in [2.45, 2.75) is 79.1 Å². The van der Waals surface area contributed by atoms with Gasteiger partial charge in [-0.3, -0.25) is 0 Å². The van der Waals surface area contributed by atoms with Gasteiger partial charge in [-0.1, -0.05) is 159 Å². The first-order valence-corrected chi connectivity index (χ1v) is 17.6. The molecule has 0 unspecified atom stereocenters. The molecule has 0 saturated carbocycles. The molecule has 6 nitrogen and oxygen atoms in total. The highest BCUT2D eigenvalue weighted by atomic mass is 15.1. The highest BCUT2D eigenvalue weighted by Crippen LogP contribution is 2.35. The van der Waals surface area contributed by atoms with Gasteiger partial charge in [0.2, 0.25) is 0 Å². The van der Waals surface area contributed by atoms with Crippen LogP contribution in [0.3, 0.4) is 0 Å². The largest absolute Gasteiger partial charge is 0.208 e. The average Bonchev–Trinajstić information content (AvgIpc) is 3.14. The van der Waals surface area contributed by atoms with Crippen molar-refractivity contribution in [2.75, 3.05) is 0 Å². The molecule has 0 spiro atoms. The summed E-state index contributed by atoms with van der Waals surface area (Å²) in [6, 6.07) is 33.3. The molecule has 0 fully saturated rings. The fourth-order valence-electron chi connectivity index (χ4n) is 6.42. The summed E-state index contributed by atoms with van der Waals surface area (Å²) < 4.78 is 0. The van der Waals surface area contributed by atoms with Crippen molar-refractivity contribution in [1.29, 1.82) is 0 Å². The molecule has 2 heterocycles. The Morgan fingerprint density at radius 2 is 0.580 bits per heavy atom. The molecule has 0 aliphatic carbocycles. The van der Waals surface area contributed by atoms with Gasteiger partial charge in [0.25, 0.3) is 0 Å². The smallest absolute Gasteiger partial charge is 0.167 e.